The normalized spacial score (nSPS) is 11.9. The molecule has 0 aliphatic carbocycles. The number of halogens is 1. The van der Waals surface area contributed by atoms with Crippen LogP contribution in [0.1, 0.15) is 18.9 Å². The highest BCUT2D eigenvalue weighted by molar-refractivity contribution is 8.00. The Morgan fingerprint density at radius 3 is 2.43 bits per heavy atom. The lowest BCUT2D eigenvalue weighted by molar-refractivity contribution is -0.120. The molecule has 0 saturated heterocycles. The van der Waals surface area contributed by atoms with E-state index in [4.69, 9.17) is 11.6 Å². The van der Waals surface area contributed by atoms with Crippen LogP contribution < -0.4 is 5.32 Å². The van der Waals surface area contributed by atoms with Crippen molar-refractivity contribution in [2.24, 2.45) is 0 Å². The number of carbonyl (C=O) groups excluding carboxylic acids is 1. The fraction of sp³-hybridized carbons (Fsp3) is 0.235. The number of benzene rings is 2. The monoisotopic (exact) mass is 319 g/mol. The molecule has 2 rings (SSSR count). The largest absolute Gasteiger partial charge is 0.351 e. The molecule has 2 aromatic rings. The van der Waals surface area contributed by atoms with Crippen LogP contribution >= 0.6 is 23.4 Å². The number of hydrogen-bond acceptors (Lipinski definition) is 2. The van der Waals surface area contributed by atoms with Crippen molar-refractivity contribution in [3.63, 3.8) is 0 Å². The van der Waals surface area contributed by atoms with Crippen molar-refractivity contribution >= 4 is 29.3 Å². The Morgan fingerprint density at radius 2 is 1.81 bits per heavy atom. The van der Waals surface area contributed by atoms with Gasteiger partial charge in [0.25, 0.3) is 0 Å². The van der Waals surface area contributed by atoms with Crippen molar-refractivity contribution in [2.75, 3.05) is 0 Å². The molecule has 2 aromatic carbocycles. The maximum absolute atomic E-state index is 12.3. The van der Waals surface area contributed by atoms with Gasteiger partial charge in [-0.15, -0.1) is 11.8 Å². The fourth-order valence-corrected chi connectivity index (χ4v) is 3.00. The van der Waals surface area contributed by atoms with E-state index in [1.807, 2.05) is 61.5 Å². The number of thioether (sulfide) groups is 1. The van der Waals surface area contributed by atoms with E-state index < -0.39 is 0 Å². The predicted molar refractivity (Wildman–Crippen MR) is 89.7 cm³/mol. The summed E-state index contributed by atoms with van der Waals surface area (Å²) in [6, 6.07) is 17.5. The van der Waals surface area contributed by atoms with Gasteiger partial charge in [-0.05, 0) is 36.2 Å². The molecule has 0 aliphatic heterocycles. The lowest BCUT2D eigenvalue weighted by Crippen LogP contribution is -2.31. The molecule has 0 saturated carbocycles. The molecule has 0 fully saturated rings. The maximum atomic E-state index is 12.3. The van der Waals surface area contributed by atoms with Crippen molar-refractivity contribution in [2.45, 2.75) is 30.0 Å². The van der Waals surface area contributed by atoms with Gasteiger partial charge in [-0.25, -0.2) is 0 Å². The van der Waals surface area contributed by atoms with Crippen molar-refractivity contribution in [3.05, 3.63) is 65.2 Å². The van der Waals surface area contributed by atoms with E-state index in [9.17, 15) is 4.79 Å². The van der Waals surface area contributed by atoms with Crippen molar-refractivity contribution in [1.29, 1.82) is 0 Å². The molecular weight excluding hydrogens is 302 g/mol. The van der Waals surface area contributed by atoms with E-state index in [2.05, 4.69) is 5.32 Å². The first-order valence-electron chi connectivity index (χ1n) is 6.93. The van der Waals surface area contributed by atoms with E-state index in [0.29, 0.717) is 11.6 Å². The first-order chi connectivity index (χ1) is 10.2. The molecule has 0 aliphatic rings. The summed E-state index contributed by atoms with van der Waals surface area (Å²) in [5, 5.41) is 3.62. The van der Waals surface area contributed by atoms with Gasteiger partial charge in [0, 0.05) is 16.5 Å². The summed E-state index contributed by atoms with van der Waals surface area (Å²) in [6.07, 6.45) is 0.786. The summed E-state index contributed by atoms with van der Waals surface area (Å²) in [6.45, 7) is 2.59. The Bertz CT molecular complexity index is 571. The quantitative estimate of drug-likeness (QED) is 0.793. The SMILES string of the molecule is CC[C@H](Sc1ccc(Cl)cc1)C(=O)NCc1ccccc1. The summed E-state index contributed by atoms with van der Waals surface area (Å²) in [4.78, 5) is 13.3. The lowest BCUT2D eigenvalue weighted by Gasteiger charge is -2.14. The van der Waals surface area contributed by atoms with Crippen molar-refractivity contribution < 1.29 is 4.79 Å². The minimum atomic E-state index is -0.0881. The van der Waals surface area contributed by atoms with Crippen LogP contribution in [-0.2, 0) is 11.3 Å². The first kappa shape index (κ1) is 15.9. The summed E-state index contributed by atoms with van der Waals surface area (Å²) >= 11 is 7.44. The summed E-state index contributed by atoms with van der Waals surface area (Å²) in [7, 11) is 0. The van der Waals surface area contributed by atoms with Gasteiger partial charge in [-0.1, -0.05) is 48.9 Å². The maximum Gasteiger partial charge on any atom is 0.233 e. The number of amides is 1. The second kappa shape index (κ2) is 8.11. The molecular formula is C17H18ClNOS. The zero-order valence-electron chi connectivity index (χ0n) is 11.9. The Morgan fingerprint density at radius 1 is 1.14 bits per heavy atom. The van der Waals surface area contributed by atoms with Crippen LogP contribution in [0.15, 0.2) is 59.5 Å². The minimum Gasteiger partial charge on any atom is -0.351 e. The third-order valence-electron chi connectivity index (χ3n) is 3.06. The van der Waals surface area contributed by atoms with E-state index in [-0.39, 0.29) is 11.2 Å². The molecule has 1 amide bonds. The number of hydrogen-bond donors (Lipinski definition) is 1. The Labute approximate surface area is 134 Å². The van der Waals surface area contributed by atoms with Crippen molar-refractivity contribution in [1.82, 2.24) is 5.32 Å². The van der Waals surface area contributed by atoms with E-state index in [1.165, 1.54) is 0 Å². The molecule has 0 radical (unpaired) electrons. The number of nitrogens with one attached hydrogen (secondary N) is 1. The molecule has 1 atom stereocenters. The van der Waals surface area contributed by atoms with Gasteiger partial charge < -0.3 is 5.32 Å². The van der Waals surface area contributed by atoms with Gasteiger partial charge in [-0.2, -0.15) is 0 Å². The average molecular weight is 320 g/mol. The van der Waals surface area contributed by atoms with Crippen LogP contribution in [0, 0.1) is 0 Å². The van der Waals surface area contributed by atoms with E-state index >= 15 is 0 Å². The fourth-order valence-electron chi connectivity index (χ4n) is 1.90. The molecule has 0 heterocycles. The van der Waals surface area contributed by atoms with Crippen LogP contribution in [0.4, 0.5) is 0 Å². The van der Waals surface area contributed by atoms with Crippen LogP contribution in [0.25, 0.3) is 0 Å². The second-order valence-electron chi connectivity index (χ2n) is 4.67. The highest BCUT2D eigenvalue weighted by Crippen LogP contribution is 2.26. The number of rotatable bonds is 6. The molecule has 0 bridgehead atoms. The van der Waals surface area contributed by atoms with E-state index in [0.717, 1.165) is 16.9 Å². The Balaban J connectivity index is 1.90. The van der Waals surface area contributed by atoms with Gasteiger partial charge in [0.05, 0.1) is 5.25 Å². The summed E-state index contributed by atoms with van der Waals surface area (Å²) in [5.41, 5.74) is 1.11. The topological polar surface area (TPSA) is 29.1 Å². The van der Waals surface area contributed by atoms with Crippen LogP contribution in [0.3, 0.4) is 0 Å². The third kappa shape index (κ3) is 5.10. The third-order valence-corrected chi connectivity index (χ3v) is 4.69. The predicted octanol–water partition coefficient (Wildman–Crippen LogP) is 4.53. The van der Waals surface area contributed by atoms with Crippen LogP contribution in [0.2, 0.25) is 5.02 Å². The minimum absolute atomic E-state index is 0.0707. The molecule has 110 valence electrons. The molecule has 2 nitrogen and oxygen atoms in total. The summed E-state index contributed by atoms with van der Waals surface area (Å²) in [5.74, 6) is 0.0707. The van der Waals surface area contributed by atoms with Gasteiger partial charge in [-0.3, -0.25) is 4.79 Å². The molecule has 0 spiro atoms. The zero-order valence-corrected chi connectivity index (χ0v) is 13.5. The lowest BCUT2D eigenvalue weighted by atomic mass is 10.2. The Hall–Kier alpha value is -1.45. The second-order valence-corrected chi connectivity index (χ2v) is 6.38. The van der Waals surface area contributed by atoms with Crippen molar-refractivity contribution in [3.8, 4) is 0 Å². The highest BCUT2D eigenvalue weighted by Gasteiger charge is 2.17. The molecule has 4 heteroatoms. The Kier molecular flexibility index (Phi) is 6.15. The molecule has 21 heavy (non-hydrogen) atoms. The van der Waals surface area contributed by atoms with E-state index in [1.54, 1.807) is 11.8 Å². The van der Waals surface area contributed by atoms with Gasteiger partial charge in [0.2, 0.25) is 5.91 Å². The first-order valence-corrected chi connectivity index (χ1v) is 8.18. The van der Waals surface area contributed by atoms with Crippen LogP contribution in [-0.4, -0.2) is 11.2 Å². The van der Waals surface area contributed by atoms with Gasteiger partial charge in [0.15, 0.2) is 0 Å². The molecule has 0 unspecified atom stereocenters. The number of carbonyl (C=O) groups is 1. The standard InChI is InChI=1S/C17H18ClNOS/c1-2-16(21-15-10-8-14(18)9-11-15)17(20)19-12-13-6-4-3-5-7-13/h3-11,16H,2,12H2,1H3,(H,19,20)/t16-/m0/s1. The van der Waals surface area contributed by atoms with Crippen LogP contribution in [0.5, 0.6) is 0 Å². The zero-order chi connectivity index (χ0) is 15.1. The summed E-state index contributed by atoms with van der Waals surface area (Å²) < 4.78 is 0. The average Bonchev–Trinajstić information content (AvgIpc) is 2.53. The van der Waals surface area contributed by atoms with Gasteiger partial charge >= 0.3 is 0 Å². The van der Waals surface area contributed by atoms with Gasteiger partial charge in [0.1, 0.15) is 0 Å². The molecule has 1 N–H and O–H groups in total. The smallest absolute Gasteiger partial charge is 0.233 e. The molecule has 0 aromatic heterocycles. The highest BCUT2D eigenvalue weighted by atomic mass is 35.5.